The van der Waals surface area contributed by atoms with Gasteiger partial charge in [-0.25, -0.2) is 0 Å². The lowest BCUT2D eigenvalue weighted by molar-refractivity contribution is 0.0984. The number of pyridine rings is 1. The van der Waals surface area contributed by atoms with Crippen molar-refractivity contribution in [2.75, 3.05) is 19.1 Å². The Hall–Kier alpha value is -4.06. The number of benzene rings is 3. The molecule has 0 aliphatic rings. The number of hydrogen-bond acceptors (Lipinski definition) is 4. The fraction of sp³-hybridized carbons (Fsp3) is 0.120. The second-order valence-corrected chi connectivity index (χ2v) is 7.03. The molecule has 4 rings (SSSR count). The summed E-state index contributed by atoms with van der Waals surface area (Å²) in [6.07, 6.45) is 0. The summed E-state index contributed by atoms with van der Waals surface area (Å²) in [6.45, 7) is 0.114. The fourth-order valence-corrected chi connectivity index (χ4v) is 3.43. The van der Waals surface area contributed by atoms with Crippen LogP contribution in [0.15, 0.2) is 83.7 Å². The van der Waals surface area contributed by atoms with Crippen molar-refractivity contribution in [1.29, 1.82) is 0 Å². The molecule has 1 amide bonds. The Balaban J connectivity index is 1.77. The molecule has 4 aromatic rings. The number of ether oxygens (including phenoxy) is 2. The minimum Gasteiger partial charge on any atom is -0.497 e. The molecule has 0 bridgehead atoms. The van der Waals surface area contributed by atoms with Crippen molar-refractivity contribution in [3.63, 3.8) is 0 Å². The second-order valence-electron chi connectivity index (χ2n) is 7.03. The number of anilines is 1. The van der Waals surface area contributed by atoms with Gasteiger partial charge in [-0.1, -0.05) is 24.3 Å². The van der Waals surface area contributed by atoms with Crippen molar-refractivity contribution >= 4 is 22.5 Å². The number of aromatic nitrogens is 1. The van der Waals surface area contributed by atoms with E-state index in [9.17, 15) is 9.59 Å². The van der Waals surface area contributed by atoms with Crippen molar-refractivity contribution < 1.29 is 14.3 Å². The lowest BCUT2D eigenvalue weighted by Gasteiger charge is -2.23. The summed E-state index contributed by atoms with van der Waals surface area (Å²) in [4.78, 5) is 30.7. The zero-order chi connectivity index (χ0) is 21.8. The molecule has 1 N–H and O–H groups in total. The summed E-state index contributed by atoms with van der Waals surface area (Å²) < 4.78 is 10.5. The third-order valence-electron chi connectivity index (χ3n) is 5.10. The van der Waals surface area contributed by atoms with Crippen LogP contribution < -0.4 is 19.9 Å². The third kappa shape index (κ3) is 4.28. The van der Waals surface area contributed by atoms with Crippen molar-refractivity contribution in [3.8, 4) is 11.5 Å². The average molecular weight is 414 g/mol. The van der Waals surface area contributed by atoms with Crippen LogP contribution in [-0.2, 0) is 6.54 Å². The summed E-state index contributed by atoms with van der Waals surface area (Å²) in [5.41, 5.74) is 2.14. The van der Waals surface area contributed by atoms with Crippen molar-refractivity contribution in [2.45, 2.75) is 6.54 Å². The van der Waals surface area contributed by atoms with Crippen molar-refractivity contribution in [1.82, 2.24) is 4.98 Å². The number of methoxy groups -OCH3 is 2. The predicted molar refractivity (Wildman–Crippen MR) is 121 cm³/mol. The van der Waals surface area contributed by atoms with E-state index in [4.69, 9.17) is 9.47 Å². The minimum atomic E-state index is -0.239. The molecule has 31 heavy (non-hydrogen) atoms. The summed E-state index contributed by atoms with van der Waals surface area (Å²) in [5, 5.41) is 0.903. The van der Waals surface area contributed by atoms with Gasteiger partial charge in [0.15, 0.2) is 0 Å². The standard InChI is InChI=1S/C25H22N2O4/c1-30-21-12-10-20(11-13-21)27(25(29)18-7-5-8-22(15-18)31-2)16-19-14-17-6-3-4-9-23(17)26-24(19)28/h3-15H,16H2,1-2H3,(H,26,28). The molecule has 1 heterocycles. The van der Waals surface area contributed by atoms with Gasteiger partial charge in [0.1, 0.15) is 11.5 Å². The average Bonchev–Trinajstić information content (AvgIpc) is 2.82. The highest BCUT2D eigenvalue weighted by Crippen LogP contribution is 2.24. The van der Waals surface area contributed by atoms with Crippen LogP contribution in [0.5, 0.6) is 11.5 Å². The maximum absolute atomic E-state index is 13.5. The Bertz CT molecular complexity index is 1280. The molecular weight excluding hydrogens is 392 g/mol. The summed E-state index contributed by atoms with van der Waals surface area (Å²) >= 11 is 0. The largest absolute Gasteiger partial charge is 0.497 e. The Morgan fingerprint density at radius 2 is 1.61 bits per heavy atom. The number of H-pyrrole nitrogens is 1. The van der Waals surface area contributed by atoms with Crippen molar-refractivity contribution in [2.24, 2.45) is 0 Å². The van der Waals surface area contributed by atoms with E-state index in [0.717, 1.165) is 10.9 Å². The molecule has 6 nitrogen and oxygen atoms in total. The predicted octanol–water partition coefficient (Wildman–Crippen LogP) is 4.39. The van der Waals surface area contributed by atoms with Crippen LogP contribution in [0.3, 0.4) is 0 Å². The molecule has 0 aliphatic carbocycles. The molecule has 0 spiro atoms. The molecule has 6 heteroatoms. The number of carbonyl (C=O) groups excluding carboxylic acids is 1. The first-order chi connectivity index (χ1) is 15.1. The SMILES string of the molecule is COc1ccc(N(Cc2cc3ccccc3[nH]c2=O)C(=O)c2cccc(OC)c2)cc1. The Kier molecular flexibility index (Phi) is 5.71. The highest BCUT2D eigenvalue weighted by atomic mass is 16.5. The lowest BCUT2D eigenvalue weighted by Crippen LogP contribution is -2.32. The van der Waals surface area contributed by atoms with Gasteiger partial charge in [-0.3, -0.25) is 9.59 Å². The van der Waals surface area contributed by atoms with Crippen LogP contribution in [0.2, 0.25) is 0 Å². The quantitative estimate of drug-likeness (QED) is 0.508. The van der Waals surface area contributed by atoms with Gasteiger partial charge >= 0.3 is 0 Å². The second kappa shape index (κ2) is 8.75. The Morgan fingerprint density at radius 3 is 2.35 bits per heavy atom. The lowest BCUT2D eigenvalue weighted by atomic mass is 10.1. The van der Waals surface area contributed by atoms with Gasteiger partial charge in [-0.05, 0) is 60.0 Å². The number of hydrogen-bond donors (Lipinski definition) is 1. The molecule has 0 radical (unpaired) electrons. The highest BCUT2D eigenvalue weighted by Gasteiger charge is 2.20. The van der Waals surface area contributed by atoms with E-state index in [1.165, 1.54) is 0 Å². The fourth-order valence-electron chi connectivity index (χ4n) is 3.43. The number of nitrogens with one attached hydrogen (secondary N) is 1. The van der Waals surface area contributed by atoms with E-state index in [1.807, 2.05) is 30.3 Å². The maximum Gasteiger partial charge on any atom is 0.258 e. The number of nitrogens with zero attached hydrogens (tertiary/aromatic N) is 1. The summed E-state index contributed by atoms with van der Waals surface area (Å²) in [7, 11) is 3.14. The number of carbonyl (C=O) groups is 1. The molecule has 156 valence electrons. The van der Waals surface area contributed by atoms with E-state index < -0.39 is 0 Å². The molecule has 3 aromatic carbocycles. The van der Waals surface area contributed by atoms with Crippen LogP contribution in [0, 0.1) is 0 Å². The highest BCUT2D eigenvalue weighted by molar-refractivity contribution is 6.06. The molecule has 0 saturated carbocycles. The first-order valence-corrected chi connectivity index (χ1v) is 9.80. The van der Waals surface area contributed by atoms with Crippen LogP contribution in [0.25, 0.3) is 10.9 Å². The first-order valence-electron chi connectivity index (χ1n) is 9.80. The topological polar surface area (TPSA) is 71.6 Å². The Morgan fingerprint density at radius 1 is 0.871 bits per heavy atom. The van der Waals surface area contributed by atoms with Gasteiger partial charge in [0.05, 0.1) is 20.8 Å². The normalized spacial score (nSPS) is 10.6. The molecule has 1 aromatic heterocycles. The zero-order valence-electron chi connectivity index (χ0n) is 17.3. The monoisotopic (exact) mass is 414 g/mol. The van der Waals surface area contributed by atoms with Crippen molar-refractivity contribution in [3.05, 3.63) is 100 Å². The summed E-state index contributed by atoms with van der Waals surface area (Å²) in [5.74, 6) is 1.03. The van der Waals surface area contributed by atoms with Gasteiger partial charge in [-0.2, -0.15) is 0 Å². The number of fused-ring (bicyclic) bond motifs is 1. The van der Waals surface area contributed by atoms with E-state index in [2.05, 4.69) is 4.98 Å². The number of amides is 1. The van der Waals surface area contributed by atoms with Crippen LogP contribution in [0.4, 0.5) is 5.69 Å². The molecule has 0 atom stereocenters. The van der Waals surface area contributed by atoms with Gasteiger partial charge in [-0.15, -0.1) is 0 Å². The maximum atomic E-state index is 13.5. The number of para-hydroxylation sites is 1. The van der Waals surface area contributed by atoms with Gasteiger partial charge in [0.25, 0.3) is 11.5 Å². The summed E-state index contributed by atoms with van der Waals surface area (Å²) in [6, 6.07) is 23.5. The molecule has 0 aliphatic heterocycles. The third-order valence-corrected chi connectivity index (χ3v) is 5.10. The minimum absolute atomic E-state index is 0.114. The molecule has 0 fully saturated rings. The van der Waals surface area contributed by atoms with Gasteiger partial charge in [0, 0.05) is 22.3 Å². The van der Waals surface area contributed by atoms with Crippen LogP contribution >= 0.6 is 0 Å². The van der Waals surface area contributed by atoms with Gasteiger partial charge < -0.3 is 19.4 Å². The number of aromatic amines is 1. The van der Waals surface area contributed by atoms with E-state index in [1.54, 1.807) is 67.7 Å². The first kappa shape index (κ1) is 20.2. The van der Waals surface area contributed by atoms with E-state index >= 15 is 0 Å². The molecule has 0 saturated heterocycles. The van der Waals surface area contributed by atoms with Crippen LogP contribution in [-0.4, -0.2) is 25.1 Å². The van der Waals surface area contributed by atoms with E-state index in [-0.39, 0.29) is 18.0 Å². The van der Waals surface area contributed by atoms with Crippen LogP contribution in [0.1, 0.15) is 15.9 Å². The van der Waals surface area contributed by atoms with Gasteiger partial charge in [0.2, 0.25) is 0 Å². The zero-order valence-corrected chi connectivity index (χ0v) is 17.3. The van der Waals surface area contributed by atoms with E-state index in [0.29, 0.717) is 28.3 Å². The molecular formula is C25H22N2O4. The Labute approximate surface area is 179 Å². The molecule has 0 unspecified atom stereocenters. The smallest absolute Gasteiger partial charge is 0.258 e. The number of rotatable bonds is 6.